The molecule has 0 atom stereocenters. The highest BCUT2D eigenvalue weighted by Gasteiger charge is 2.28. The zero-order chi connectivity index (χ0) is 12.3. The first kappa shape index (κ1) is 15.5. The lowest BCUT2D eigenvalue weighted by Gasteiger charge is -2.31. The summed E-state index contributed by atoms with van der Waals surface area (Å²) in [6, 6.07) is 5.75. The van der Waals surface area contributed by atoms with Gasteiger partial charge in [0.25, 0.3) is 0 Å². The van der Waals surface area contributed by atoms with Crippen LogP contribution in [0.3, 0.4) is 0 Å². The first-order chi connectivity index (χ1) is 7.74. The van der Waals surface area contributed by atoms with Gasteiger partial charge < -0.3 is 0 Å². The third kappa shape index (κ3) is 6.18. The molecule has 16 heavy (non-hydrogen) atoms. The minimum atomic E-state index is -1.03. The summed E-state index contributed by atoms with van der Waals surface area (Å²) >= 11 is 0. The Hall–Kier alpha value is -0.473. The monoisotopic (exact) mass is 241 g/mol. The van der Waals surface area contributed by atoms with E-state index in [2.05, 4.69) is 30.8 Å². The molecule has 0 saturated heterocycles. The van der Waals surface area contributed by atoms with Gasteiger partial charge in [0, 0.05) is 11.5 Å². The van der Waals surface area contributed by atoms with Crippen LogP contribution < -0.4 is 0 Å². The fraction of sp³-hybridized carbons (Fsp3) is 1.00. The lowest BCUT2D eigenvalue weighted by atomic mass is 10.5. The predicted molar refractivity (Wildman–Crippen MR) is 74.5 cm³/mol. The summed E-state index contributed by atoms with van der Waals surface area (Å²) in [7, 11) is -1.03. The lowest BCUT2D eigenvalue weighted by molar-refractivity contribution is 0.843. The Morgan fingerprint density at radius 3 is 1.81 bits per heavy atom. The molecular weight excluding hydrogens is 214 g/mol. The highest BCUT2D eigenvalue weighted by molar-refractivity contribution is 6.79. The number of hydrogen-bond acceptors (Lipinski definition) is 1. The predicted octanol–water partition coefficient (Wildman–Crippen LogP) is 5.37. The Bertz CT molecular complexity index is 195. The third-order valence-electron chi connectivity index (χ3n) is 3.37. The molecule has 0 spiro atoms. The van der Waals surface area contributed by atoms with Gasteiger partial charge in [-0.2, -0.15) is 0 Å². The summed E-state index contributed by atoms with van der Waals surface area (Å²) < 4.78 is 0. The van der Waals surface area contributed by atoms with E-state index in [-0.39, 0.29) is 0 Å². The van der Waals surface area contributed by atoms with Crippen molar-refractivity contribution in [2.75, 3.05) is 6.54 Å². The van der Waals surface area contributed by atoms with Crippen molar-refractivity contribution < 1.29 is 0 Å². The van der Waals surface area contributed by atoms with E-state index in [1.165, 1.54) is 43.4 Å². The first-order valence-corrected chi connectivity index (χ1v) is 9.58. The van der Waals surface area contributed by atoms with Crippen molar-refractivity contribution in [3.63, 3.8) is 0 Å². The molecule has 0 unspecified atom stereocenters. The van der Waals surface area contributed by atoms with E-state index in [9.17, 15) is 0 Å². The van der Waals surface area contributed by atoms with Gasteiger partial charge in [0.2, 0.25) is 0 Å². The van der Waals surface area contributed by atoms with Crippen LogP contribution in [0.5, 0.6) is 0 Å². The highest BCUT2D eigenvalue weighted by atomic mass is 28.3. The minimum absolute atomic E-state index is 0.697. The average Bonchev–Trinajstić information content (AvgIpc) is 2.26. The summed E-state index contributed by atoms with van der Waals surface area (Å²) in [4.78, 5) is 2.83. The van der Waals surface area contributed by atoms with Gasteiger partial charge in [0.05, 0.1) is 8.07 Å². The maximum absolute atomic E-state index is 8.28. The second kappa shape index (κ2) is 9.73. The van der Waals surface area contributed by atoms with E-state index in [0.717, 1.165) is 6.42 Å². The van der Waals surface area contributed by atoms with Crippen molar-refractivity contribution in [1.82, 2.24) is 0 Å². The van der Waals surface area contributed by atoms with Gasteiger partial charge in [-0.1, -0.05) is 75.7 Å². The molecule has 0 aliphatic carbocycles. The average molecular weight is 241 g/mol. The Labute approximate surface area is 101 Å². The van der Waals surface area contributed by atoms with E-state index in [1.807, 2.05) is 0 Å². The van der Waals surface area contributed by atoms with Crippen molar-refractivity contribution >= 4 is 8.07 Å². The normalized spacial score (nSPS) is 11.2. The second-order valence-corrected chi connectivity index (χ2v) is 9.81. The molecule has 0 N–H and O–H groups in total. The highest BCUT2D eigenvalue weighted by Crippen LogP contribution is 2.31. The van der Waals surface area contributed by atoms with Crippen LogP contribution >= 0.6 is 0 Å². The van der Waals surface area contributed by atoms with Crippen molar-refractivity contribution in [2.24, 2.45) is 5.11 Å². The van der Waals surface area contributed by atoms with Crippen molar-refractivity contribution in [2.45, 2.75) is 70.6 Å². The molecule has 0 amide bonds. The Morgan fingerprint density at radius 1 is 0.938 bits per heavy atom. The number of azide groups is 1. The molecule has 0 radical (unpaired) electrons. The molecule has 3 nitrogen and oxygen atoms in total. The molecular formula is C12H27N3Si. The molecule has 0 aliphatic rings. The van der Waals surface area contributed by atoms with Crippen LogP contribution in [-0.2, 0) is 0 Å². The van der Waals surface area contributed by atoms with Gasteiger partial charge >= 0.3 is 0 Å². The number of rotatable bonds is 10. The summed E-state index contributed by atoms with van der Waals surface area (Å²) in [6.45, 7) is 7.61. The summed E-state index contributed by atoms with van der Waals surface area (Å²) in [6.07, 6.45) is 5.09. The molecule has 0 aromatic carbocycles. The zero-order valence-corrected chi connectivity index (χ0v) is 12.2. The van der Waals surface area contributed by atoms with Gasteiger partial charge in [-0.05, 0) is 5.53 Å². The topological polar surface area (TPSA) is 48.8 Å². The first-order valence-electron chi connectivity index (χ1n) is 6.75. The molecule has 4 heteroatoms. The Kier molecular flexibility index (Phi) is 9.44. The van der Waals surface area contributed by atoms with Crippen LogP contribution in [0.1, 0.15) is 46.5 Å². The van der Waals surface area contributed by atoms with Crippen LogP contribution in [0.25, 0.3) is 10.4 Å². The standard InChI is InChI=1S/C12H27N3Si/c1-4-9-16(10-5-2,11-6-3)12-7-8-14-15-13/h4-12H2,1-3H3. The van der Waals surface area contributed by atoms with Crippen LogP contribution in [0.4, 0.5) is 0 Å². The quantitative estimate of drug-likeness (QED) is 0.162. The summed E-state index contributed by atoms with van der Waals surface area (Å²) in [5.74, 6) is 0. The van der Waals surface area contributed by atoms with Gasteiger partial charge in [-0.3, -0.25) is 0 Å². The minimum Gasteiger partial charge on any atom is -0.0940 e. The number of nitrogens with zero attached hydrogens (tertiary/aromatic N) is 3. The van der Waals surface area contributed by atoms with Crippen molar-refractivity contribution in [1.29, 1.82) is 0 Å². The molecule has 0 aromatic rings. The molecule has 0 aliphatic heterocycles. The van der Waals surface area contributed by atoms with E-state index >= 15 is 0 Å². The second-order valence-electron chi connectivity index (χ2n) is 4.81. The van der Waals surface area contributed by atoms with Gasteiger partial charge in [-0.25, -0.2) is 0 Å². The molecule has 94 valence electrons. The van der Waals surface area contributed by atoms with Crippen LogP contribution in [-0.4, -0.2) is 14.6 Å². The lowest BCUT2D eigenvalue weighted by Crippen LogP contribution is -2.33. The molecule has 0 aromatic heterocycles. The van der Waals surface area contributed by atoms with Crippen LogP contribution in [0.2, 0.25) is 24.2 Å². The fourth-order valence-electron chi connectivity index (χ4n) is 2.91. The van der Waals surface area contributed by atoms with Crippen molar-refractivity contribution in [3.05, 3.63) is 10.4 Å². The fourth-order valence-corrected chi connectivity index (χ4v) is 8.50. The summed E-state index contributed by atoms with van der Waals surface area (Å²) in [5, 5.41) is 3.66. The smallest absolute Gasteiger partial charge is 0.0535 e. The Balaban J connectivity index is 4.27. The van der Waals surface area contributed by atoms with Gasteiger partial charge in [0.15, 0.2) is 0 Å². The van der Waals surface area contributed by atoms with E-state index in [1.54, 1.807) is 0 Å². The largest absolute Gasteiger partial charge is 0.0940 e. The maximum atomic E-state index is 8.28. The SMILES string of the molecule is CCC[Si](CCC)(CCC)CCCN=[N+]=[N-]. The molecule has 0 heterocycles. The van der Waals surface area contributed by atoms with Crippen molar-refractivity contribution in [3.8, 4) is 0 Å². The van der Waals surface area contributed by atoms with Crippen LogP contribution in [0.15, 0.2) is 5.11 Å². The summed E-state index contributed by atoms with van der Waals surface area (Å²) in [5.41, 5.74) is 8.28. The van der Waals surface area contributed by atoms with Gasteiger partial charge in [0.1, 0.15) is 0 Å². The molecule has 0 rings (SSSR count). The maximum Gasteiger partial charge on any atom is 0.0535 e. The zero-order valence-electron chi connectivity index (χ0n) is 11.2. The van der Waals surface area contributed by atoms with Gasteiger partial charge in [-0.15, -0.1) is 0 Å². The third-order valence-corrected chi connectivity index (χ3v) is 9.47. The molecule has 0 fully saturated rings. The number of hydrogen-bond donors (Lipinski definition) is 0. The Morgan fingerprint density at radius 2 is 1.44 bits per heavy atom. The molecule has 0 bridgehead atoms. The van der Waals surface area contributed by atoms with E-state index in [4.69, 9.17) is 5.53 Å². The van der Waals surface area contributed by atoms with Crippen LogP contribution in [0, 0.1) is 0 Å². The molecule has 0 saturated carbocycles. The van der Waals surface area contributed by atoms with E-state index in [0.29, 0.717) is 6.54 Å². The van der Waals surface area contributed by atoms with E-state index < -0.39 is 8.07 Å².